The van der Waals surface area contributed by atoms with Crippen LogP contribution in [-0.2, 0) is 9.59 Å². The van der Waals surface area contributed by atoms with Crippen LogP contribution in [0.2, 0.25) is 0 Å². The first kappa shape index (κ1) is 18.6. The maximum Gasteiger partial charge on any atom is 0.414 e. The molecular formula is C17H17N3O4S2. The predicted octanol–water partition coefficient (Wildman–Crippen LogP) is 2.63. The van der Waals surface area contributed by atoms with E-state index in [0.29, 0.717) is 5.25 Å². The Balaban J connectivity index is 0.000000286. The highest BCUT2D eigenvalue weighted by Gasteiger charge is 2.34. The van der Waals surface area contributed by atoms with E-state index in [2.05, 4.69) is 51.0 Å². The molecule has 4 rings (SSSR count). The zero-order chi connectivity index (χ0) is 18.7. The Kier molecular flexibility index (Phi) is 5.70. The number of carboxylic acids is 2. The van der Waals surface area contributed by atoms with E-state index < -0.39 is 11.9 Å². The maximum atomic E-state index is 9.10. The van der Waals surface area contributed by atoms with Gasteiger partial charge in [0, 0.05) is 13.1 Å². The Morgan fingerprint density at radius 2 is 1.85 bits per heavy atom. The van der Waals surface area contributed by atoms with Crippen molar-refractivity contribution in [2.45, 2.75) is 16.7 Å². The first-order valence-electron chi connectivity index (χ1n) is 7.88. The van der Waals surface area contributed by atoms with Crippen molar-refractivity contribution in [3.05, 3.63) is 47.2 Å². The maximum absolute atomic E-state index is 9.10. The van der Waals surface area contributed by atoms with Gasteiger partial charge < -0.3 is 15.1 Å². The number of carboxylic acid groups (broad SMARTS) is 2. The molecular weight excluding hydrogens is 374 g/mol. The number of rotatable bonds is 1. The summed E-state index contributed by atoms with van der Waals surface area (Å²) in [6.07, 6.45) is 1.13. The van der Waals surface area contributed by atoms with Crippen LogP contribution in [0.25, 0.3) is 5.57 Å². The van der Waals surface area contributed by atoms with Crippen molar-refractivity contribution in [1.29, 1.82) is 0 Å². The molecule has 2 N–H and O–H groups in total. The SMILES string of the molecule is CN1CCC2=C(C1)c1nsnc1SC2c1ccccc1.O=C(O)C(=O)O. The molecule has 0 amide bonds. The third-order valence-corrected chi connectivity index (χ3v) is 6.10. The van der Waals surface area contributed by atoms with Gasteiger partial charge in [-0.25, -0.2) is 9.59 Å². The number of nitrogens with zero attached hydrogens (tertiary/aromatic N) is 3. The van der Waals surface area contributed by atoms with Crippen LogP contribution in [0.5, 0.6) is 0 Å². The molecule has 2 aliphatic heterocycles. The lowest BCUT2D eigenvalue weighted by atomic mass is 9.91. The van der Waals surface area contributed by atoms with Crippen molar-refractivity contribution in [3.8, 4) is 0 Å². The summed E-state index contributed by atoms with van der Waals surface area (Å²) >= 11 is 3.20. The van der Waals surface area contributed by atoms with Gasteiger partial charge in [-0.05, 0) is 30.2 Å². The van der Waals surface area contributed by atoms with Crippen LogP contribution < -0.4 is 0 Å². The van der Waals surface area contributed by atoms with E-state index in [1.807, 2.05) is 11.8 Å². The van der Waals surface area contributed by atoms with E-state index in [1.54, 1.807) is 5.57 Å². The summed E-state index contributed by atoms with van der Waals surface area (Å²) in [7, 11) is 2.18. The van der Waals surface area contributed by atoms with Gasteiger partial charge in [-0.15, -0.1) is 0 Å². The van der Waals surface area contributed by atoms with E-state index in [9.17, 15) is 0 Å². The number of aromatic nitrogens is 2. The fourth-order valence-corrected chi connectivity index (χ4v) is 4.96. The number of likely N-dealkylation sites (N-methyl/N-ethyl adjacent to an activating group) is 1. The van der Waals surface area contributed by atoms with Gasteiger partial charge in [0.05, 0.1) is 17.0 Å². The van der Waals surface area contributed by atoms with Crippen molar-refractivity contribution < 1.29 is 19.8 Å². The molecule has 0 spiro atoms. The minimum Gasteiger partial charge on any atom is -0.473 e. The highest BCUT2D eigenvalue weighted by molar-refractivity contribution is 7.99. The predicted molar refractivity (Wildman–Crippen MR) is 99.3 cm³/mol. The van der Waals surface area contributed by atoms with E-state index >= 15 is 0 Å². The van der Waals surface area contributed by atoms with Crippen LogP contribution in [0.1, 0.15) is 22.9 Å². The lowest BCUT2D eigenvalue weighted by molar-refractivity contribution is -0.159. The molecule has 2 aliphatic rings. The second-order valence-corrected chi connectivity index (χ2v) is 7.55. The zero-order valence-corrected chi connectivity index (χ0v) is 15.6. The Morgan fingerprint density at radius 3 is 2.50 bits per heavy atom. The average Bonchev–Trinajstić information content (AvgIpc) is 3.11. The highest BCUT2D eigenvalue weighted by atomic mass is 32.2. The number of hydrogen-bond donors (Lipinski definition) is 2. The van der Waals surface area contributed by atoms with Gasteiger partial charge in [0.15, 0.2) is 0 Å². The van der Waals surface area contributed by atoms with Crippen LogP contribution in [0.4, 0.5) is 0 Å². The van der Waals surface area contributed by atoms with Crippen molar-refractivity contribution in [3.63, 3.8) is 0 Å². The first-order chi connectivity index (χ1) is 12.5. The van der Waals surface area contributed by atoms with E-state index in [1.165, 1.54) is 22.9 Å². The lowest BCUT2D eigenvalue weighted by Gasteiger charge is -2.34. The Labute approximate surface area is 158 Å². The number of thioether (sulfide) groups is 1. The molecule has 0 aliphatic carbocycles. The summed E-state index contributed by atoms with van der Waals surface area (Å²) in [5, 5.41) is 16.3. The lowest BCUT2D eigenvalue weighted by Crippen LogP contribution is -2.30. The molecule has 9 heteroatoms. The summed E-state index contributed by atoms with van der Waals surface area (Å²) in [5.41, 5.74) is 5.48. The third kappa shape index (κ3) is 3.95. The van der Waals surface area contributed by atoms with Crippen LogP contribution in [0.15, 0.2) is 40.9 Å². The minimum atomic E-state index is -1.82. The normalized spacial score (nSPS) is 19.0. The summed E-state index contributed by atoms with van der Waals surface area (Å²) < 4.78 is 9.02. The molecule has 136 valence electrons. The average molecular weight is 391 g/mol. The summed E-state index contributed by atoms with van der Waals surface area (Å²) in [5.74, 6) is -3.65. The highest BCUT2D eigenvalue weighted by Crippen LogP contribution is 2.51. The Bertz CT molecular complexity index is 839. The number of fused-ring (bicyclic) bond motifs is 2. The molecule has 1 unspecified atom stereocenters. The van der Waals surface area contributed by atoms with Crippen LogP contribution in [-0.4, -0.2) is 55.9 Å². The minimum absolute atomic E-state index is 0.413. The molecule has 26 heavy (non-hydrogen) atoms. The van der Waals surface area contributed by atoms with Gasteiger partial charge in [-0.1, -0.05) is 42.1 Å². The first-order valence-corrected chi connectivity index (χ1v) is 9.49. The number of benzene rings is 1. The molecule has 1 aromatic heterocycles. The fourth-order valence-electron chi connectivity index (χ4n) is 2.95. The van der Waals surface area contributed by atoms with Gasteiger partial charge in [0.25, 0.3) is 0 Å². The van der Waals surface area contributed by atoms with Crippen LogP contribution in [0, 0.1) is 0 Å². The van der Waals surface area contributed by atoms with Crippen molar-refractivity contribution >= 4 is 41.0 Å². The van der Waals surface area contributed by atoms with Crippen molar-refractivity contribution in [1.82, 2.24) is 13.6 Å². The zero-order valence-electron chi connectivity index (χ0n) is 14.0. The van der Waals surface area contributed by atoms with Crippen LogP contribution >= 0.6 is 23.5 Å². The molecule has 0 bridgehead atoms. The third-order valence-electron chi connectivity index (χ3n) is 4.15. The Morgan fingerprint density at radius 1 is 1.15 bits per heavy atom. The standard InChI is InChI=1S/C15H15N3S2.C2H2O4/c1-18-8-7-11-12(9-18)13-15(17-20-16-13)19-14(11)10-5-3-2-4-6-10;3-1(4)2(5)6/h2-6,14H,7-9H2,1H3;(H,3,4)(H,5,6). The smallest absolute Gasteiger partial charge is 0.414 e. The second-order valence-electron chi connectivity index (χ2n) is 5.93. The quantitative estimate of drug-likeness (QED) is 0.715. The van der Waals surface area contributed by atoms with E-state index in [0.717, 1.165) is 30.2 Å². The molecule has 1 aromatic carbocycles. The fraction of sp³-hybridized carbons (Fsp3) is 0.294. The van der Waals surface area contributed by atoms with Gasteiger partial charge in [-0.3, -0.25) is 0 Å². The second kappa shape index (κ2) is 7.98. The molecule has 0 radical (unpaired) electrons. The molecule has 7 nitrogen and oxygen atoms in total. The monoisotopic (exact) mass is 391 g/mol. The molecule has 1 atom stereocenters. The van der Waals surface area contributed by atoms with Crippen molar-refractivity contribution in [2.75, 3.05) is 20.1 Å². The molecule has 3 heterocycles. The Hall–Kier alpha value is -2.23. The van der Waals surface area contributed by atoms with Gasteiger partial charge >= 0.3 is 11.9 Å². The van der Waals surface area contributed by atoms with Gasteiger partial charge in [0.1, 0.15) is 10.7 Å². The summed E-state index contributed by atoms with van der Waals surface area (Å²) in [6.45, 7) is 2.13. The van der Waals surface area contributed by atoms with Gasteiger partial charge in [-0.2, -0.15) is 8.75 Å². The largest absolute Gasteiger partial charge is 0.473 e. The summed E-state index contributed by atoms with van der Waals surface area (Å²) in [4.78, 5) is 20.6. The summed E-state index contributed by atoms with van der Waals surface area (Å²) in [6, 6.07) is 10.8. The van der Waals surface area contributed by atoms with Crippen molar-refractivity contribution in [2.24, 2.45) is 0 Å². The molecule has 0 saturated carbocycles. The number of aliphatic carboxylic acids is 2. The van der Waals surface area contributed by atoms with E-state index in [-0.39, 0.29) is 0 Å². The van der Waals surface area contributed by atoms with E-state index in [4.69, 9.17) is 19.8 Å². The topological polar surface area (TPSA) is 104 Å². The number of carbonyl (C=O) groups is 2. The number of hydrogen-bond acceptors (Lipinski definition) is 7. The molecule has 0 saturated heterocycles. The van der Waals surface area contributed by atoms with Crippen LogP contribution in [0.3, 0.4) is 0 Å². The molecule has 2 aromatic rings. The van der Waals surface area contributed by atoms with Gasteiger partial charge in [0.2, 0.25) is 0 Å². The molecule has 0 fully saturated rings.